The summed E-state index contributed by atoms with van der Waals surface area (Å²) < 4.78 is 5.19. The Morgan fingerprint density at radius 1 is 1.40 bits per heavy atom. The van der Waals surface area contributed by atoms with Crippen molar-refractivity contribution >= 4 is 5.69 Å². The summed E-state index contributed by atoms with van der Waals surface area (Å²) in [5.74, 6) is 0.390. The van der Waals surface area contributed by atoms with Crippen molar-refractivity contribution in [3.63, 3.8) is 0 Å². The summed E-state index contributed by atoms with van der Waals surface area (Å²) in [6.07, 6.45) is 0. The number of non-ortho nitro benzene ring substituents is 1. The van der Waals surface area contributed by atoms with Gasteiger partial charge >= 0.3 is 0 Å². The first-order valence-corrected chi connectivity index (χ1v) is 6.03. The molecule has 0 fully saturated rings. The molecule has 0 aliphatic carbocycles. The summed E-state index contributed by atoms with van der Waals surface area (Å²) in [4.78, 5) is 28.7. The largest absolute Gasteiger partial charge is 0.374 e. The predicted molar refractivity (Wildman–Crippen MR) is 72.3 cm³/mol. The van der Waals surface area contributed by atoms with Gasteiger partial charge in [-0.05, 0) is 6.92 Å². The molecule has 0 radical (unpaired) electrons. The Kier molecular flexibility index (Phi) is 4.21. The van der Waals surface area contributed by atoms with Crippen LogP contribution in [0.3, 0.4) is 0 Å². The van der Waals surface area contributed by atoms with E-state index in [4.69, 9.17) is 4.74 Å². The highest BCUT2D eigenvalue weighted by Crippen LogP contribution is 2.21. The van der Waals surface area contributed by atoms with E-state index in [2.05, 4.69) is 9.97 Å². The minimum absolute atomic E-state index is 0.0454. The smallest absolute Gasteiger partial charge is 0.270 e. The fourth-order valence-electron chi connectivity index (χ4n) is 1.70. The molecule has 104 valence electrons. The second-order valence-corrected chi connectivity index (χ2v) is 4.02. The van der Waals surface area contributed by atoms with Crippen LogP contribution < -0.4 is 5.56 Å². The number of aromatic nitrogens is 2. The lowest BCUT2D eigenvalue weighted by Gasteiger charge is -2.04. The van der Waals surface area contributed by atoms with E-state index in [-0.39, 0.29) is 17.9 Å². The number of hydrogen-bond donors (Lipinski definition) is 1. The average Bonchev–Trinajstić information content (AvgIpc) is 2.44. The van der Waals surface area contributed by atoms with Gasteiger partial charge in [0.05, 0.1) is 10.6 Å². The van der Waals surface area contributed by atoms with E-state index < -0.39 is 4.92 Å². The number of ether oxygens (including phenoxy) is 1. The molecular weight excluding hydrogens is 262 g/mol. The van der Waals surface area contributed by atoms with Gasteiger partial charge in [0.15, 0.2) is 0 Å². The molecule has 20 heavy (non-hydrogen) atoms. The summed E-state index contributed by atoms with van der Waals surface area (Å²) in [6.45, 7) is 2.53. The Morgan fingerprint density at radius 2 is 2.20 bits per heavy atom. The van der Waals surface area contributed by atoms with Gasteiger partial charge in [0, 0.05) is 30.4 Å². The maximum absolute atomic E-state index is 11.6. The number of nitrogens with one attached hydrogen (secondary N) is 1. The molecule has 7 nitrogen and oxygen atoms in total. The Labute approximate surface area is 114 Å². The molecule has 0 atom stereocenters. The molecule has 1 heterocycles. The molecule has 1 aromatic carbocycles. The van der Waals surface area contributed by atoms with Crippen LogP contribution in [0.4, 0.5) is 5.69 Å². The van der Waals surface area contributed by atoms with Gasteiger partial charge < -0.3 is 9.72 Å². The molecule has 0 unspecified atom stereocenters. The van der Waals surface area contributed by atoms with Crippen molar-refractivity contribution in [3.05, 3.63) is 56.6 Å². The highest BCUT2D eigenvalue weighted by molar-refractivity contribution is 5.62. The van der Waals surface area contributed by atoms with Gasteiger partial charge in [0.2, 0.25) is 0 Å². The third kappa shape index (κ3) is 3.27. The highest BCUT2D eigenvalue weighted by Gasteiger charge is 2.09. The SMILES string of the molecule is CCOCc1nc(-c2cccc([N+](=O)[O-])c2)cc(=O)[nH]1. The van der Waals surface area contributed by atoms with Crippen molar-refractivity contribution in [2.75, 3.05) is 6.61 Å². The summed E-state index contributed by atoms with van der Waals surface area (Å²) in [6, 6.07) is 7.29. The summed E-state index contributed by atoms with van der Waals surface area (Å²) >= 11 is 0. The number of benzene rings is 1. The Balaban J connectivity index is 2.41. The fourth-order valence-corrected chi connectivity index (χ4v) is 1.70. The van der Waals surface area contributed by atoms with Crippen molar-refractivity contribution in [2.24, 2.45) is 0 Å². The maximum atomic E-state index is 11.6. The van der Waals surface area contributed by atoms with Crippen LogP contribution in [0.1, 0.15) is 12.7 Å². The second kappa shape index (κ2) is 6.07. The summed E-state index contributed by atoms with van der Waals surface area (Å²) in [7, 11) is 0. The van der Waals surface area contributed by atoms with Crippen LogP contribution in [-0.2, 0) is 11.3 Å². The highest BCUT2D eigenvalue weighted by atomic mass is 16.6. The van der Waals surface area contributed by atoms with E-state index in [1.165, 1.54) is 18.2 Å². The van der Waals surface area contributed by atoms with Gasteiger partial charge in [-0.3, -0.25) is 14.9 Å². The number of nitro groups is 1. The van der Waals surface area contributed by atoms with Crippen LogP contribution in [0.15, 0.2) is 35.1 Å². The molecule has 2 rings (SSSR count). The van der Waals surface area contributed by atoms with E-state index in [0.717, 1.165) is 0 Å². The van der Waals surface area contributed by atoms with Gasteiger partial charge in [0.1, 0.15) is 12.4 Å². The van der Waals surface area contributed by atoms with Crippen LogP contribution in [-0.4, -0.2) is 21.5 Å². The van der Waals surface area contributed by atoms with E-state index in [1.54, 1.807) is 12.1 Å². The number of H-pyrrole nitrogens is 1. The zero-order chi connectivity index (χ0) is 14.5. The first kappa shape index (κ1) is 13.9. The van der Waals surface area contributed by atoms with Gasteiger partial charge in [-0.2, -0.15) is 0 Å². The Hall–Kier alpha value is -2.54. The van der Waals surface area contributed by atoms with Crippen molar-refractivity contribution in [1.82, 2.24) is 9.97 Å². The van der Waals surface area contributed by atoms with E-state index >= 15 is 0 Å². The molecule has 1 N–H and O–H groups in total. The third-order valence-corrected chi connectivity index (χ3v) is 2.59. The summed E-state index contributed by atoms with van der Waals surface area (Å²) in [5, 5.41) is 10.8. The van der Waals surface area contributed by atoms with Gasteiger partial charge in [-0.15, -0.1) is 0 Å². The normalized spacial score (nSPS) is 10.4. The molecule has 0 aliphatic rings. The van der Waals surface area contributed by atoms with Crippen molar-refractivity contribution in [1.29, 1.82) is 0 Å². The topological polar surface area (TPSA) is 98.1 Å². The molecule has 1 aromatic heterocycles. The number of rotatable bonds is 5. The molecule has 0 spiro atoms. The predicted octanol–water partition coefficient (Wildman–Crippen LogP) is 1.88. The summed E-state index contributed by atoms with van der Waals surface area (Å²) in [5.41, 5.74) is 0.530. The molecule has 0 bridgehead atoms. The molecule has 0 saturated carbocycles. The Bertz CT molecular complexity index is 681. The number of nitro benzene ring substituents is 1. The third-order valence-electron chi connectivity index (χ3n) is 2.59. The van der Waals surface area contributed by atoms with Gasteiger partial charge in [0.25, 0.3) is 11.2 Å². The van der Waals surface area contributed by atoms with E-state index in [0.29, 0.717) is 23.7 Å². The van der Waals surface area contributed by atoms with Crippen LogP contribution in [0, 0.1) is 10.1 Å². The van der Waals surface area contributed by atoms with Crippen molar-refractivity contribution in [3.8, 4) is 11.3 Å². The van der Waals surface area contributed by atoms with E-state index in [1.807, 2.05) is 6.92 Å². The maximum Gasteiger partial charge on any atom is 0.270 e. The minimum Gasteiger partial charge on any atom is -0.374 e. The van der Waals surface area contributed by atoms with Gasteiger partial charge in [-0.1, -0.05) is 12.1 Å². The zero-order valence-electron chi connectivity index (χ0n) is 10.8. The van der Waals surface area contributed by atoms with Crippen molar-refractivity contribution in [2.45, 2.75) is 13.5 Å². The standard InChI is InChI=1S/C13H13N3O4/c1-2-20-8-12-14-11(7-13(17)15-12)9-4-3-5-10(6-9)16(18)19/h3-7H,2,8H2,1H3,(H,14,15,17). The monoisotopic (exact) mass is 275 g/mol. The average molecular weight is 275 g/mol. The molecular formula is C13H13N3O4. The van der Waals surface area contributed by atoms with Crippen molar-refractivity contribution < 1.29 is 9.66 Å². The molecule has 2 aromatic rings. The number of hydrogen-bond acceptors (Lipinski definition) is 5. The van der Waals surface area contributed by atoms with Crippen LogP contribution in [0.25, 0.3) is 11.3 Å². The zero-order valence-corrected chi connectivity index (χ0v) is 10.8. The minimum atomic E-state index is -0.488. The Morgan fingerprint density at radius 3 is 2.90 bits per heavy atom. The first-order chi connectivity index (χ1) is 9.60. The molecule has 0 amide bonds. The van der Waals surface area contributed by atoms with Crippen LogP contribution in [0.5, 0.6) is 0 Å². The molecule has 0 aliphatic heterocycles. The number of nitrogens with zero attached hydrogens (tertiary/aromatic N) is 2. The van der Waals surface area contributed by atoms with Crippen LogP contribution >= 0.6 is 0 Å². The van der Waals surface area contributed by atoms with Crippen LogP contribution in [0.2, 0.25) is 0 Å². The fraction of sp³-hybridized carbons (Fsp3) is 0.231. The first-order valence-electron chi connectivity index (χ1n) is 6.03. The van der Waals surface area contributed by atoms with E-state index in [9.17, 15) is 14.9 Å². The molecule has 0 saturated heterocycles. The lowest BCUT2D eigenvalue weighted by molar-refractivity contribution is -0.384. The quantitative estimate of drug-likeness (QED) is 0.663. The lowest BCUT2D eigenvalue weighted by atomic mass is 10.1. The van der Waals surface area contributed by atoms with Gasteiger partial charge in [-0.25, -0.2) is 4.98 Å². The lowest BCUT2D eigenvalue weighted by Crippen LogP contribution is -2.12. The number of aromatic amines is 1. The molecule has 7 heteroatoms. The second-order valence-electron chi connectivity index (χ2n) is 4.02.